The number of rotatable bonds is 4. The molecular weight excluding hydrogens is 452 g/mol. The number of hydrogen-bond donors (Lipinski definition) is 0. The van der Waals surface area contributed by atoms with Crippen molar-refractivity contribution >= 4 is 44.4 Å². The third-order valence-electron chi connectivity index (χ3n) is 5.36. The Morgan fingerprint density at radius 1 is 0.833 bits per heavy atom. The lowest BCUT2D eigenvalue weighted by Crippen LogP contribution is -2.17. The highest BCUT2D eigenvalue weighted by Crippen LogP contribution is 2.55. The summed E-state index contributed by atoms with van der Waals surface area (Å²) < 4.78 is 0.957. The molecule has 0 N–H and O–H groups in total. The van der Waals surface area contributed by atoms with Gasteiger partial charge in [-0.3, -0.25) is 20.2 Å². The molecule has 0 unspecified atom stereocenters. The van der Waals surface area contributed by atoms with Crippen LogP contribution in [0.15, 0.2) is 76.2 Å². The normalized spacial score (nSPS) is 18.8. The molecule has 0 radical (unpaired) electrons. The molecule has 148 valence electrons. The van der Waals surface area contributed by atoms with E-state index in [1.165, 1.54) is 24.3 Å². The van der Waals surface area contributed by atoms with Crippen LogP contribution in [0, 0.1) is 20.2 Å². The predicted octanol–water partition coefficient (Wildman–Crippen LogP) is 5.33. The highest BCUT2D eigenvalue weighted by Gasteiger charge is 2.55. The Kier molecular flexibility index (Phi) is 4.14. The van der Waals surface area contributed by atoms with E-state index in [2.05, 4.69) is 20.8 Å². The highest BCUT2D eigenvalue weighted by atomic mass is 79.9. The quantitative estimate of drug-likeness (QED) is 0.295. The molecule has 2 aliphatic rings. The van der Waals surface area contributed by atoms with E-state index < -0.39 is 9.85 Å². The van der Waals surface area contributed by atoms with Crippen LogP contribution >= 0.6 is 15.9 Å². The molecule has 0 aromatic heterocycles. The molecule has 0 spiro atoms. The number of aliphatic imine (C=N–C) groups is 1. The first-order chi connectivity index (χ1) is 14.4. The fourth-order valence-corrected chi connectivity index (χ4v) is 4.19. The number of non-ortho nitro benzene ring substituents is 2. The molecule has 0 amide bonds. The summed E-state index contributed by atoms with van der Waals surface area (Å²) in [5, 5.41) is 22.2. The van der Waals surface area contributed by atoms with Gasteiger partial charge in [0.05, 0.1) is 39.0 Å². The second-order valence-electron chi connectivity index (χ2n) is 7.08. The zero-order valence-corrected chi connectivity index (χ0v) is 16.9. The van der Waals surface area contributed by atoms with E-state index >= 15 is 0 Å². The maximum absolute atomic E-state index is 11.3. The molecule has 2 aliphatic heterocycles. The summed E-state index contributed by atoms with van der Waals surface area (Å²) in [5.41, 5.74) is 4.11. The molecule has 9 heteroatoms. The van der Waals surface area contributed by atoms with Crippen molar-refractivity contribution in [2.24, 2.45) is 4.99 Å². The number of anilines is 1. The van der Waals surface area contributed by atoms with Gasteiger partial charge in [-0.15, -0.1) is 0 Å². The Morgan fingerprint density at radius 2 is 1.47 bits per heavy atom. The Bertz CT molecular complexity index is 1220. The zero-order chi connectivity index (χ0) is 21.0. The van der Waals surface area contributed by atoms with Gasteiger partial charge < -0.3 is 4.90 Å². The molecule has 2 atom stereocenters. The van der Waals surface area contributed by atoms with Crippen LogP contribution in [-0.2, 0) is 0 Å². The molecule has 0 aliphatic carbocycles. The van der Waals surface area contributed by atoms with Crippen LogP contribution in [0.2, 0.25) is 0 Å². The molecule has 8 nitrogen and oxygen atoms in total. The fourth-order valence-electron chi connectivity index (χ4n) is 3.93. The van der Waals surface area contributed by atoms with Crippen molar-refractivity contribution in [3.63, 3.8) is 0 Å². The predicted molar refractivity (Wildman–Crippen MR) is 116 cm³/mol. The number of nitrogens with zero attached hydrogens (tertiary/aromatic N) is 4. The van der Waals surface area contributed by atoms with Gasteiger partial charge in [-0.1, -0.05) is 40.2 Å². The Morgan fingerprint density at radius 3 is 2.10 bits per heavy atom. The topological polar surface area (TPSA) is 102 Å². The summed E-state index contributed by atoms with van der Waals surface area (Å²) in [6.07, 6.45) is 0. The molecule has 5 rings (SSSR count). The molecule has 0 bridgehead atoms. The minimum atomic E-state index is -0.433. The summed E-state index contributed by atoms with van der Waals surface area (Å²) in [7, 11) is 0. The highest BCUT2D eigenvalue weighted by molar-refractivity contribution is 9.10. The lowest BCUT2D eigenvalue weighted by atomic mass is 10.0. The number of benzene rings is 3. The van der Waals surface area contributed by atoms with Gasteiger partial charge in [-0.2, -0.15) is 0 Å². The lowest BCUT2D eigenvalue weighted by molar-refractivity contribution is -0.385. The average molecular weight is 465 g/mol. The van der Waals surface area contributed by atoms with Crippen LogP contribution in [0.3, 0.4) is 0 Å². The van der Waals surface area contributed by atoms with Gasteiger partial charge in [-0.25, -0.2) is 4.99 Å². The van der Waals surface area contributed by atoms with Gasteiger partial charge in [0.2, 0.25) is 0 Å². The van der Waals surface area contributed by atoms with Crippen LogP contribution in [0.5, 0.6) is 0 Å². The van der Waals surface area contributed by atoms with Crippen LogP contribution in [0.25, 0.3) is 0 Å². The van der Waals surface area contributed by atoms with Crippen LogP contribution < -0.4 is 4.90 Å². The average Bonchev–Trinajstić information content (AvgIpc) is 3.49. The van der Waals surface area contributed by atoms with Crippen molar-refractivity contribution in [1.82, 2.24) is 0 Å². The second kappa shape index (κ2) is 6.74. The Balaban J connectivity index is 1.61. The van der Waals surface area contributed by atoms with Crippen molar-refractivity contribution in [2.75, 3.05) is 4.90 Å². The van der Waals surface area contributed by atoms with Gasteiger partial charge in [-0.05, 0) is 29.3 Å². The van der Waals surface area contributed by atoms with E-state index in [4.69, 9.17) is 4.99 Å². The van der Waals surface area contributed by atoms with E-state index in [0.29, 0.717) is 11.4 Å². The molecule has 3 aromatic rings. The van der Waals surface area contributed by atoms with Crippen molar-refractivity contribution < 1.29 is 9.85 Å². The summed E-state index contributed by atoms with van der Waals surface area (Å²) in [6, 6.07) is 18.7. The molecule has 0 saturated carbocycles. The summed E-state index contributed by atoms with van der Waals surface area (Å²) >= 11 is 3.44. The molecular formula is C21H13BrN4O4. The Hall–Kier alpha value is -3.59. The third kappa shape index (κ3) is 2.94. The largest absolute Gasteiger partial charge is 0.349 e. The maximum Gasteiger partial charge on any atom is 0.271 e. The second-order valence-corrected chi connectivity index (χ2v) is 8.00. The van der Waals surface area contributed by atoms with E-state index in [1.54, 1.807) is 18.2 Å². The lowest BCUT2D eigenvalue weighted by Gasteiger charge is -2.17. The smallest absolute Gasteiger partial charge is 0.271 e. The van der Waals surface area contributed by atoms with Crippen molar-refractivity contribution in [2.45, 2.75) is 12.1 Å². The molecule has 1 saturated heterocycles. The first kappa shape index (κ1) is 18.4. The Labute approximate surface area is 178 Å². The van der Waals surface area contributed by atoms with E-state index in [0.717, 1.165) is 21.3 Å². The third-order valence-corrected chi connectivity index (χ3v) is 5.89. The van der Waals surface area contributed by atoms with Gasteiger partial charge in [0.1, 0.15) is 0 Å². The molecule has 2 heterocycles. The molecule has 3 aromatic carbocycles. The van der Waals surface area contributed by atoms with Crippen molar-refractivity contribution in [3.8, 4) is 0 Å². The first-order valence-electron chi connectivity index (χ1n) is 9.10. The van der Waals surface area contributed by atoms with Gasteiger partial charge in [0.15, 0.2) is 0 Å². The van der Waals surface area contributed by atoms with Crippen molar-refractivity contribution in [1.29, 1.82) is 0 Å². The molecule has 1 fully saturated rings. The summed E-state index contributed by atoms with van der Waals surface area (Å²) in [5.74, 6) is 0. The standard InChI is InChI=1S/C21H13BrN4O4/c22-14-5-1-12(2-6-14)19-21-20(13-3-7-15(8-4-13)25(27)28)24(21)18-11-16(26(29)30)9-10-17(18)23-19/h1-11,20-21H/t20-,21+,24?/m1/s1. The molecule has 30 heavy (non-hydrogen) atoms. The van der Waals surface area contributed by atoms with E-state index in [-0.39, 0.29) is 23.5 Å². The minimum Gasteiger partial charge on any atom is -0.349 e. The first-order valence-corrected chi connectivity index (χ1v) is 9.89. The maximum atomic E-state index is 11.3. The number of hydrogen-bond acceptors (Lipinski definition) is 6. The minimum absolute atomic E-state index is 0.00383. The van der Waals surface area contributed by atoms with Gasteiger partial charge >= 0.3 is 0 Å². The van der Waals surface area contributed by atoms with Crippen molar-refractivity contribution in [3.05, 3.63) is 103 Å². The number of halogens is 1. The van der Waals surface area contributed by atoms with Gasteiger partial charge in [0, 0.05) is 28.7 Å². The summed E-state index contributed by atoms with van der Waals surface area (Å²) in [6.45, 7) is 0. The van der Waals surface area contributed by atoms with E-state index in [9.17, 15) is 20.2 Å². The number of nitro groups is 2. The van der Waals surface area contributed by atoms with Crippen LogP contribution in [0.1, 0.15) is 17.2 Å². The van der Waals surface area contributed by atoms with E-state index in [1.807, 2.05) is 24.3 Å². The van der Waals surface area contributed by atoms with Crippen LogP contribution in [-0.4, -0.2) is 21.6 Å². The fraction of sp³-hybridized carbons (Fsp3) is 0.0952. The number of nitro benzene ring substituents is 2. The number of fused-ring (bicyclic) bond motifs is 3. The zero-order valence-electron chi connectivity index (χ0n) is 15.3. The summed E-state index contributed by atoms with van der Waals surface area (Å²) in [4.78, 5) is 28.3. The van der Waals surface area contributed by atoms with Gasteiger partial charge in [0.25, 0.3) is 11.4 Å². The monoisotopic (exact) mass is 464 g/mol. The van der Waals surface area contributed by atoms with Crippen LogP contribution in [0.4, 0.5) is 22.7 Å². The SMILES string of the molecule is O=[N+]([O-])c1ccc([C@@H]2[C@@H]3C(c4ccc(Br)cc4)=Nc4ccc([N+](=O)[O-])cc4N23)cc1.